The Bertz CT molecular complexity index is 546. The fourth-order valence-electron chi connectivity index (χ4n) is 3.08. The van der Waals surface area contributed by atoms with Gasteiger partial charge >= 0.3 is 11.8 Å². The van der Waals surface area contributed by atoms with Crippen molar-refractivity contribution in [2.24, 2.45) is 0 Å². The predicted molar refractivity (Wildman–Crippen MR) is 84.3 cm³/mol. The third kappa shape index (κ3) is 3.72. The molecular weight excluding hydrogens is 296 g/mol. The summed E-state index contributed by atoms with van der Waals surface area (Å²) in [5, 5.41) is 10.7. The number of rotatable bonds is 4. The largest absolute Gasteiger partial charge is 0.416 e. The van der Waals surface area contributed by atoms with Crippen molar-refractivity contribution in [1.82, 2.24) is 20.4 Å². The SMILES string of the molecule is CC(C)(C)c1nnc(C(=O)NCC2CCN2C2CCOCC2)o1. The van der Waals surface area contributed by atoms with Crippen LogP contribution in [0.25, 0.3) is 0 Å². The molecule has 0 spiro atoms. The molecule has 23 heavy (non-hydrogen) atoms. The summed E-state index contributed by atoms with van der Waals surface area (Å²) in [6.07, 6.45) is 3.29. The van der Waals surface area contributed by atoms with Crippen molar-refractivity contribution in [3.8, 4) is 0 Å². The molecule has 7 heteroatoms. The predicted octanol–water partition coefficient (Wildman–Crippen LogP) is 1.35. The van der Waals surface area contributed by atoms with Gasteiger partial charge in [-0.15, -0.1) is 10.2 Å². The molecule has 3 rings (SSSR count). The molecule has 0 saturated carbocycles. The molecule has 7 nitrogen and oxygen atoms in total. The Kier molecular flexibility index (Phi) is 4.68. The maximum absolute atomic E-state index is 12.2. The van der Waals surface area contributed by atoms with E-state index in [1.54, 1.807) is 0 Å². The van der Waals surface area contributed by atoms with Crippen LogP contribution in [0.5, 0.6) is 0 Å². The Morgan fingerprint density at radius 3 is 2.57 bits per heavy atom. The topological polar surface area (TPSA) is 80.5 Å². The molecule has 2 aliphatic heterocycles. The van der Waals surface area contributed by atoms with Gasteiger partial charge in [-0.25, -0.2) is 0 Å². The number of aromatic nitrogens is 2. The fourth-order valence-corrected chi connectivity index (χ4v) is 3.08. The lowest BCUT2D eigenvalue weighted by molar-refractivity contribution is -0.0223. The van der Waals surface area contributed by atoms with Gasteiger partial charge < -0.3 is 14.5 Å². The first-order chi connectivity index (χ1) is 10.9. The summed E-state index contributed by atoms with van der Waals surface area (Å²) in [5.41, 5.74) is -0.251. The summed E-state index contributed by atoms with van der Waals surface area (Å²) in [4.78, 5) is 14.6. The molecule has 2 saturated heterocycles. The highest BCUT2D eigenvalue weighted by molar-refractivity contribution is 5.89. The molecule has 0 radical (unpaired) electrons. The van der Waals surface area contributed by atoms with E-state index in [1.807, 2.05) is 20.8 Å². The van der Waals surface area contributed by atoms with Gasteiger partial charge in [0.15, 0.2) is 0 Å². The van der Waals surface area contributed by atoms with Crippen LogP contribution in [0.4, 0.5) is 0 Å². The highest BCUT2D eigenvalue weighted by Gasteiger charge is 2.35. The van der Waals surface area contributed by atoms with E-state index in [1.165, 1.54) is 0 Å². The van der Waals surface area contributed by atoms with E-state index in [0.717, 1.165) is 39.0 Å². The van der Waals surface area contributed by atoms with E-state index < -0.39 is 0 Å². The van der Waals surface area contributed by atoms with Crippen LogP contribution in [0.3, 0.4) is 0 Å². The number of nitrogens with one attached hydrogen (secondary N) is 1. The maximum atomic E-state index is 12.2. The summed E-state index contributed by atoms with van der Waals surface area (Å²) in [6, 6.07) is 1.00. The molecule has 1 atom stereocenters. The summed E-state index contributed by atoms with van der Waals surface area (Å²) in [5.74, 6) is 0.244. The molecule has 0 aromatic carbocycles. The lowest BCUT2D eigenvalue weighted by Gasteiger charge is -2.47. The highest BCUT2D eigenvalue weighted by Crippen LogP contribution is 2.26. The van der Waals surface area contributed by atoms with Crippen LogP contribution in [-0.2, 0) is 10.2 Å². The average Bonchev–Trinajstić information content (AvgIpc) is 2.97. The fraction of sp³-hybridized carbons (Fsp3) is 0.812. The zero-order valence-electron chi connectivity index (χ0n) is 14.2. The van der Waals surface area contributed by atoms with Gasteiger partial charge in [-0.05, 0) is 19.3 Å². The van der Waals surface area contributed by atoms with Crippen LogP contribution in [0.1, 0.15) is 56.6 Å². The Balaban J connectivity index is 1.50. The summed E-state index contributed by atoms with van der Waals surface area (Å²) < 4.78 is 10.9. The minimum atomic E-state index is -0.285. The van der Waals surface area contributed by atoms with Gasteiger partial charge in [0.1, 0.15) is 0 Å². The second-order valence-corrected chi connectivity index (χ2v) is 7.40. The molecule has 1 aromatic rings. The molecule has 1 aromatic heterocycles. The second-order valence-electron chi connectivity index (χ2n) is 7.40. The van der Waals surface area contributed by atoms with Crippen molar-refractivity contribution in [3.05, 3.63) is 11.8 Å². The van der Waals surface area contributed by atoms with E-state index >= 15 is 0 Å². The summed E-state index contributed by atoms with van der Waals surface area (Å²) in [6.45, 7) is 9.35. The number of nitrogens with zero attached hydrogens (tertiary/aromatic N) is 3. The van der Waals surface area contributed by atoms with Crippen molar-refractivity contribution >= 4 is 5.91 Å². The normalized spacial score (nSPS) is 23.5. The van der Waals surface area contributed by atoms with Gasteiger partial charge in [-0.1, -0.05) is 20.8 Å². The van der Waals surface area contributed by atoms with Crippen molar-refractivity contribution < 1.29 is 13.9 Å². The standard InChI is InChI=1S/C16H26N4O3/c1-16(2,3)15-19-18-14(23-15)13(21)17-10-12-4-7-20(12)11-5-8-22-9-6-11/h11-12H,4-10H2,1-3H3,(H,17,21). The molecule has 1 N–H and O–H groups in total. The number of ether oxygens (including phenoxy) is 1. The molecule has 0 bridgehead atoms. The lowest BCUT2D eigenvalue weighted by atomic mass is 9.95. The third-order valence-electron chi connectivity index (χ3n) is 4.61. The van der Waals surface area contributed by atoms with Crippen molar-refractivity contribution in [1.29, 1.82) is 0 Å². The Morgan fingerprint density at radius 2 is 2.00 bits per heavy atom. The number of hydrogen-bond acceptors (Lipinski definition) is 6. The van der Waals surface area contributed by atoms with Gasteiger partial charge in [0, 0.05) is 43.8 Å². The minimum Gasteiger partial charge on any atom is -0.416 e. The lowest BCUT2D eigenvalue weighted by Crippen LogP contribution is -2.58. The van der Waals surface area contributed by atoms with Crippen molar-refractivity contribution in [2.75, 3.05) is 26.3 Å². The first kappa shape index (κ1) is 16.4. The first-order valence-corrected chi connectivity index (χ1v) is 8.41. The summed E-state index contributed by atoms with van der Waals surface area (Å²) in [7, 11) is 0. The van der Waals surface area contributed by atoms with Crippen LogP contribution in [0.2, 0.25) is 0 Å². The van der Waals surface area contributed by atoms with Gasteiger partial charge in [-0.3, -0.25) is 9.69 Å². The molecule has 3 heterocycles. The molecule has 0 aliphatic carbocycles. The van der Waals surface area contributed by atoms with Crippen LogP contribution < -0.4 is 5.32 Å². The number of amides is 1. The average molecular weight is 322 g/mol. The highest BCUT2D eigenvalue weighted by atomic mass is 16.5. The molecule has 1 unspecified atom stereocenters. The summed E-state index contributed by atoms with van der Waals surface area (Å²) >= 11 is 0. The zero-order valence-corrected chi connectivity index (χ0v) is 14.2. The smallest absolute Gasteiger partial charge is 0.308 e. The molecule has 2 aliphatic rings. The van der Waals surface area contributed by atoms with Crippen LogP contribution in [0, 0.1) is 0 Å². The van der Waals surface area contributed by atoms with Crippen LogP contribution in [0.15, 0.2) is 4.42 Å². The van der Waals surface area contributed by atoms with Crippen LogP contribution >= 0.6 is 0 Å². The molecule has 1 amide bonds. The van der Waals surface area contributed by atoms with E-state index in [9.17, 15) is 4.79 Å². The van der Waals surface area contributed by atoms with E-state index in [2.05, 4.69) is 20.4 Å². The van der Waals surface area contributed by atoms with Crippen LogP contribution in [-0.4, -0.2) is 59.4 Å². The van der Waals surface area contributed by atoms with Gasteiger partial charge in [0.2, 0.25) is 5.89 Å². The third-order valence-corrected chi connectivity index (χ3v) is 4.61. The van der Waals surface area contributed by atoms with E-state index in [-0.39, 0.29) is 17.2 Å². The quantitative estimate of drug-likeness (QED) is 0.901. The van der Waals surface area contributed by atoms with Crippen molar-refractivity contribution in [3.63, 3.8) is 0 Å². The van der Waals surface area contributed by atoms with Gasteiger partial charge in [-0.2, -0.15) is 0 Å². The molecule has 128 valence electrons. The number of carbonyl (C=O) groups is 1. The number of hydrogen-bond donors (Lipinski definition) is 1. The molecular formula is C16H26N4O3. The monoisotopic (exact) mass is 322 g/mol. The van der Waals surface area contributed by atoms with E-state index in [0.29, 0.717) is 24.5 Å². The second kappa shape index (κ2) is 6.57. The minimum absolute atomic E-state index is 0.0480. The Hall–Kier alpha value is -1.47. The Morgan fingerprint density at radius 1 is 1.26 bits per heavy atom. The Labute approximate surface area is 136 Å². The number of likely N-dealkylation sites (tertiary alicyclic amines) is 1. The van der Waals surface area contributed by atoms with Gasteiger partial charge in [0.05, 0.1) is 0 Å². The first-order valence-electron chi connectivity index (χ1n) is 8.41. The maximum Gasteiger partial charge on any atom is 0.308 e. The molecule has 2 fully saturated rings. The van der Waals surface area contributed by atoms with Gasteiger partial charge in [0.25, 0.3) is 0 Å². The van der Waals surface area contributed by atoms with E-state index in [4.69, 9.17) is 9.15 Å². The zero-order chi connectivity index (χ0) is 16.4. The number of carbonyl (C=O) groups excluding carboxylic acids is 1. The van der Waals surface area contributed by atoms with Crippen molar-refractivity contribution in [2.45, 2.75) is 57.5 Å².